The van der Waals surface area contributed by atoms with E-state index < -0.39 is 22.9 Å². The molecule has 1 amide bonds. The van der Waals surface area contributed by atoms with Crippen LogP contribution in [0.3, 0.4) is 0 Å². The maximum Gasteiger partial charge on any atom is 0.262 e. The number of carbonyl (C=O) groups is 1. The van der Waals surface area contributed by atoms with Gasteiger partial charge in [-0.25, -0.2) is 4.39 Å². The van der Waals surface area contributed by atoms with E-state index in [2.05, 4.69) is 5.32 Å². The average Bonchev–Trinajstić information content (AvgIpc) is 3.45. The lowest BCUT2D eigenvalue weighted by Crippen LogP contribution is -2.43. The second-order valence-electron chi connectivity index (χ2n) is 7.31. The molecule has 1 aliphatic heterocycles. The number of amides is 1. The highest BCUT2D eigenvalue weighted by Gasteiger charge is 2.31. The number of halogens is 1. The lowest BCUT2D eigenvalue weighted by molar-refractivity contribution is 0.100. The zero-order valence-corrected chi connectivity index (χ0v) is 15.8. The number of aromatic hydroxyl groups is 1. The number of primary amides is 1. The van der Waals surface area contributed by atoms with E-state index in [9.17, 15) is 19.1 Å². The lowest BCUT2D eigenvalue weighted by Gasteiger charge is -2.30. The number of nitrogens with zero attached hydrogens (tertiary/aromatic N) is 2. The predicted octanol–water partition coefficient (Wildman–Crippen LogP) is 1.90. The Balaban J connectivity index is 1.86. The highest BCUT2D eigenvalue weighted by atomic mass is 32.1. The summed E-state index contributed by atoms with van der Waals surface area (Å²) in [6.45, 7) is 2.91. The van der Waals surface area contributed by atoms with Crippen LogP contribution in [0.25, 0.3) is 21.1 Å². The van der Waals surface area contributed by atoms with Gasteiger partial charge in [0.15, 0.2) is 5.75 Å². The van der Waals surface area contributed by atoms with Crippen molar-refractivity contribution >= 4 is 44.1 Å². The normalized spacial score (nSPS) is 17.5. The van der Waals surface area contributed by atoms with Crippen molar-refractivity contribution < 1.29 is 14.3 Å². The van der Waals surface area contributed by atoms with Crippen LogP contribution in [0.1, 0.15) is 28.6 Å². The minimum Gasteiger partial charge on any atom is -0.505 e. The molecule has 0 bridgehead atoms. The fourth-order valence-corrected chi connectivity index (χ4v) is 5.10. The van der Waals surface area contributed by atoms with Crippen LogP contribution in [0.5, 0.6) is 5.75 Å². The van der Waals surface area contributed by atoms with Crippen molar-refractivity contribution in [2.75, 3.05) is 31.1 Å². The van der Waals surface area contributed by atoms with Gasteiger partial charge in [0.05, 0.1) is 11.2 Å². The van der Waals surface area contributed by atoms with E-state index >= 15 is 0 Å². The van der Waals surface area contributed by atoms with Gasteiger partial charge in [0.25, 0.3) is 5.91 Å². The molecule has 0 radical (unpaired) electrons. The number of aromatic nitrogens is 1. The van der Waals surface area contributed by atoms with Gasteiger partial charge in [0, 0.05) is 37.6 Å². The van der Waals surface area contributed by atoms with Crippen molar-refractivity contribution in [3.63, 3.8) is 0 Å². The molecule has 1 aliphatic carbocycles. The molecule has 5 rings (SSSR count). The third-order valence-corrected chi connectivity index (χ3v) is 6.67. The average molecular weight is 402 g/mol. The topological polar surface area (TPSA) is 101 Å². The highest BCUT2D eigenvalue weighted by molar-refractivity contribution is 7.21. The van der Waals surface area contributed by atoms with Crippen LogP contribution in [0.15, 0.2) is 16.9 Å². The number of anilines is 1. The number of nitrogens with one attached hydrogen (secondary N) is 1. The number of hydrogen-bond acceptors (Lipinski definition) is 6. The maximum atomic E-state index is 14.9. The molecular weight excluding hydrogens is 383 g/mol. The molecular formula is C19H19FN4O3S. The first-order chi connectivity index (χ1) is 13.5. The Morgan fingerprint density at radius 1 is 1.29 bits per heavy atom. The summed E-state index contributed by atoms with van der Waals surface area (Å²) in [5.74, 6) is -1.64. The molecule has 1 aromatic carbocycles. The van der Waals surface area contributed by atoms with Gasteiger partial charge in [-0.2, -0.15) is 0 Å². The molecule has 7 nitrogen and oxygen atoms in total. The number of pyridine rings is 1. The van der Waals surface area contributed by atoms with Gasteiger partial charge in [-0.1, -0.05) is 0 Å². The van der Waals surface area contributed by atoms with E-state index in [1.807, 2.05) is 9.47 Å². The molecule has 0 atom stereocenters. The number of piperazine rings is 1. The number of carbonyl (C=O) groups excluding carboxylic acids is 1. The molecule has 2 fully saturated rings. The standard InChI is InChI=1S/C19H19FN4O3S/c20-11-7-10-12(8-13(11)23-5-3-22-4-6-23)24(9-1-2-9)19-14(15(10)25)16(26)17(28-19)18(21)27/h7-9,22,26H,1-6H2,(H2,21,27). The summed E-state index contributed by atoms with van der Waals surface area (Å²) in [4.78, 5) is 27.2. The second kappa shape index (κ2) is 6.18. The monoisotopic (exact) mass is 402 g/mol. The third kappa shape index (κ3) is 2.50. The lowest BCUT2D eigenvalue weighted by atomic mass is 10.1. The fraction of sp³-hybridized carbons (Fsp3) is 0.368. The first kappa shape index (κ1) is 17.4. The SMILES string of the molecule is NC(=O)c1sc2c(c1O)c(=O)c1cc(F)c(N3CCNCC3)cc1n2C1CC1. The van der Waals surface area contributed by atoms with Gasteiger partial charge in [-0.3, -0.25) is 9.59 Å². The van der Waals surface area contributed by atoms with E-state index in [1.165, 1.54) is 6.07 Å². The Bertz CT molecular complexity index is 1190. The van der Waals surface area contributed by atoms with E-state index in [4.69, 9.17) is 5.73 Å². The van der Waals surface area contributed by atoms with Crippen molar-refractivity contribution in [1.82, 2.24) is 9.88 Å². The van der Waals surface area contributed by atoms with E-state index in [1.54, 1.807) is 6.07 Å². The van der Waals surface area contributed by atoms with Gasteiger partial charge in [0.1, 0.15) is 20.9 Å². The third-order valence-electron chi connectivity index (χ3n) is 5.47. The summed E-state index contributed by atoms with van der Waals surface area (Å²) in [6, 6.07) is 3.15. The Hall–Kier alpha value is -2.65. The molecule has 0 spiro atoms. The molecule has 28 heavy (non-hydrogen) atoms. The molecule has 1 saturated heterocycles. The van der Waals surface area contributed by atoms with Crippen LogP contribution in [0, 0.1) is 5.82 Å². The molecule has 3 aromatic rings. The summed E-state index contributed by atoms with van der Waals surface area (Å²) in [5.41, 5.74) is 5.99. The van der Waals surface area contributed by atoms with Crippen LogP contribution < -0.4 is 21.4 Å². The van der Waals surface area contributed by atoms with Crippen LogP contribution in [-0.4, -0.2) is 41.8 Å². The molecule has 0 unspecified atom stereocenters. The van der Waals surface area contributed by atoms with Gasteiger partial charge in [0.2, 0.25) is 5.43 Å². The van der Waals surface area contributed by atoms with E-state index in [-0.39, 0.29) is 21.7 Å². The van der Waals surface area contributed by atoms with Gasteiger partial charge >= 0.3 is 0 Å². The minimum atomic E-state index is -0.780. The smallest absolute Gasteiger partial charge is 0.262 e. The van der Waals surface area contributed by atoms with Crippen molar-refractivity contribution in [2.45, 2.75) is 18.9 Å². The van der Waals surface area contributed by atoms with Gasteiger partial charge in [-0.15, -0.1) is 11.3 Å². The van der Waals surface area contributed by atoms with E-state index in [0.29, 0.717) is 29.1 Å². The van der Waals surface area contributed by atoms with Crippen molar-refractivity contribution in [3.05, 3.63) is 33.1 Å². The molecule has 146 valence electrons. The molecule has 9 heteroatoms. The number of benzene rings is 1. The first-order valence-corrected chi connectivity index (χ1v) is 10.1. The summed E-state index contributed by atoms with van der Waals surface area (Å²) in [6.07, 6.45) is 1.86. The van der Waals surface area contributed by atoms with Crippen LogP contribution >= 0.6 is 11.3 Å². The quantitative estimate of drug-likeness (QED) is 0.621. The number of nitrogens with two attached hydrogens (primary N) is 1. The zero-order valence-electron chi connectivity index (χ0n) is 15.0. The molecule has 2 aliphatic rings. The number of fused-ring (bicyclic) bond motifs is 2. The van der Waals surface area contributed by atoms with Crippen LogP contribution in [-0.2, 0) is 0 Å². The zero-order chi connectivity index (χ0) is 19.6. The molecule has 3 heterocycles. The van der Waals surface area contributed by atoms with Gasteiger partial charge < -0.3 is 25.6 Å². The van der Waals surface area contributed by atoms with Crippen molar-refractivity contribution in [1.29, 1.82) is 0 Å². The Morgan fingerprint density at radius 2 is 2.00 bits per heavy atom. The molecule has 2 aromatic heterocycles. The molecule has 1 saturated carbocycles. The summed E-state index contributed by atoms with van der Waals surface area (Å²) in [7, 11) is 0. The number of hydrogen-bond donors (Lipinski definition) is 3. The first-order valence-electron chi connectivity index (χ1n) is 9.26. The Kier molecular flexibility index (Phi) is 3.85. The highest BCUT2D eigenvalue weighted by Crippen LogP contribution is 2.44. The molecule has 4 N–H and O–H groups in total. The Labute approximate surface area is 163 Å². The summed E-state index contributed by atoms with van der Waals surface area (Å²) >= 11 is 1.02. The Morgan fingerprint density at radius 3 is 2.64 bits per heavy atom. The van der Waals surface area contributed by atoms with Gasteiger partial charge in [-0.05, 0) is 25.0 Å². The van der Waals surface area contributed by atoms with E-state index in [0.717, 1.165) is 37.3 Å². The summed E-state index contributed by atoms with van der Waals surface area (Å²) < 4.78 is 16.9. The minimum absolute atomic E-state index is 0.0420. The maximum absolute atomic E-state index is 14.9. The van der Waals surface area contributed by atoms with Crippen molar-refractivity contribution in [2.24, 2.45) is 5.73 Å². The summed E-state index contributed by atoms with van der Waals surface area (Å²) in [5, 5.41) is 13.9. The number of thiophene rings is 1. The van der Waals surface area contributed by atoms with Crippen LogP contribution in [0.4, 0.5) is 10.1 Å². The largest absolute Gasteiger partial charge is 0.505 e. The second-order valence-corrected chi connectivity index (χ2v) is 8.31. The fourth-order valence-electron chi connectivity index (χ4n) is 3.97. The number of rotatable bonds is 3. The predicted molar refractivity (Wildman–Crippen MR) is 107 cm³/mol. The van der Waals surface area contributed by atoms with Crippen molar-refractivity contribution in [3.8, 4) is 5.75 Å². The van der Waals surface area contributed by atoms with Crippen LogP contribution in [0.2, 0.25) is 0 Å².